The molecule has 0 aliphatic rings. The lowest BCUT2D eigenvalue weighted by atomic mass is 10.2. The number of amides is 1. The van der Waals surface area contributed by atoms with Crippen molar-refractivity contribution in [2.24, 2.45) is 0 Å². The summed E-state index contributed by atoms with van der Waals surface area (Å²) in [6, 6.07) is 8.68. The van der Waals surface area contributed by atoms with E-state index in [1.54, 1.807) is 31.2 Å². The molecule has 0 heterocycles. The first-order valence-corrected chi connectivity index (χ1v) is 7.51. The third-order valence-electron chi connectivity index (χ3n) is 2.80. The first-order valence-electron chi connectivity index (χ1n) is 6.25. The molecule has 0 saturated heterocycles. The largest absolute Gasteiger partial charge is 0.323 e. The normalized spacial score (nSPS) is 12.0. The molecule has 0 bridgehead atoms. The molecular weight excluding hydrogens is 335 g/mol. The van der Waals surface area contributed by atoms with E-state index in [-0.39, 0.29) is 0 Å². The number of carbonyl (C=O) groups is 1. The van der Waals surface area contributed by atoms with E-state index in [2.05, 4.69) is 5.32 Å². The van der Waals surface area contributed by atoms with Gasteiger partial charge in [-0.2, -0.15) is 0 Å². The second kappa shape index (κ2) is 7.07. The number of hydrogen-bond acceptors (Lipinski definition) is 2. The van der Waals surface area contributed by atoms with Gasteiger partial charge >= 0.3 is 0 Å². The smallest absolute Gasteiger partial charge is 0.237 e. The molecule has 0 saturated carbocycles. The van der Waals surface area contributed by atoms with Gasteiger partial charge in [0.05, 0.1) is 16.0 Å². The van der Waals surface area contributed by atoms with E-state index in [0.717, 1.165) is 12.1 Å². The molecule has 2 rings (SSSR count). The summed E-state index contributed by atoms with van der Waals surface area (Å²) in [4.78, 5) is 12.7. The molecule has 0 aliphatic heterocycles. The molecule has 0 aliphatic carbocycles. The van der Waals surface area contributed by atoms with Crippen LogP contribution in [0.15, 0.2) is 41.3 Å². The highest BCUT2D eigenvalue weighted by atomic mass is 35.5. The lowest BCUT2D eigenvalue weighted by Gasteiger charge is -2.13. The third kappa shape index (κ3) is 3.75. The standard InChI is InChI=1S/C15H11ClF3NOS/c1-8(22-12-5-3-2-4-9(12)16)15(21)20-11-7-6-10(17)13(18)14(11)19/h2-8H,1H3,(H,20,21). The fourth-order valence-corrected chi connectivity index (χ4v) is 2.80. The van der Waals surface area contributed by atoms with Crippen molar-refractivity contribution in [2.45, 2.75) is 17.1 Å². The highest BCUT2D eigenvalue weighted by molar-refractivity contribution is 8.00. The van der Waals surface area contributed by atoms with Crippen molar-refractivity contribution in [1.82, 2.24) is 0 Å². The molecule has 2 nitrogen and oxygen atoms in total. The van der Waals surface area contributed by atoms with Gasteiger partial charge < -0.3 is 5.32 Å². The molecule has 2 aromatic carbocycles. The SMILES string of the molecule is CC(Sc1ccccc1Cl)C(=O)Nc1ccc(F)c(F)c1F. The van der Waals surface area contributed by atoms with E-state index >= 15 is 0 Å². The minimum absolute atomic E-state index is 0.407. The topological polar surface area (TPSA) is 29.1 Å². The Morgan fingerprint density at radius 2 is 1.82 bits per heavy atom. The summed E-state index contributed by atoms with van der Waals surface area (Å²) in [6.07, 6.45) is 0. The van der Waals surface area contributed by atoms with Crippen LogP contribution >= 0.6 is 23.4 Å². The quantitative estimate of drug-likeness (QED) is 0.632. The number of rotatable bonds is 4. The zero-order valence-corrected chi connectivity index (χ0v) is 12.9. The number of thioether (sulfide) groups is 1. The van der Waals surface area contributed by atoms with Crippen molar-refractivity contribution >= 4 is 35.0 Å². The fraction of sp³-hybridized carbons (Fsp3) is 0.133. The van der Waals surface area contributed by atoms with E-state index in [9.17, 15) is 18.0 Å². The van der Waals surface area contributed by atoms with E-state index in [0.29, 0.717) is 9.92 Å². The summed E-state index contributed by atoms with van der Waals surface area (Å²) >= 11 is 7.17. The number of nitrogens with one attached hydrogen (secondary N) is 1. The number of benzene rings is 2. The fourth-order valence-electron chi connectivity index (χ4n) is 1.64. The summed E-state index contributed by atoms with van der Waals surface area (Å²) in [5, 5.41) is 2.12. The van der Waals surface area contributed by atoms with Crippen LogP contribution in [-0.2, 0) is 4.79 Å². The Balaban J connectivity index is 2.09. The maximum atomic E-state index is 13.5. The highest BCUT2D eigenvalue weighted by Crippen LogP contribution is 2.30. The van der Waals surface area contributed by atoms with Gasteiger partial charge in [0, 0.05) is 4.90 Å². The van der Waals surface area contributed by atoms with Gasteiger partial charge in [0.25, 0.3) is 0 Å². The van der Waals surface area contributed by atoms with Crippen molar-refractivity contribution < 1.29 is 18.0 Å². The third-order valence-corrected chi connectivity index (χ3v) is 4.42. The maximum Gasteiger partial charge on any atom is 0.237 e. The predicted octanol–water partition coefficient (Wildman–Crippen LogP) is 4.88. The maximum absolute atomic E-state index is 13.5. The van der Waals surface area contributed by atoms with Gasteiger partial charge in [-0.05, 0) is 31.2 Å². The Kier molecular flexibility index (Phi) is 5.37. The molecule has 1 unspecified atom stereocenters. The van der Waals surface area contributed by atoms with Crippen molar-refractivity contribution in [2.75, 3.05) is 5.32 Å². The number of hydrogen-bond donors (Lipinski definition) is 1. The average Bonchev–Trinajstić information content (AvgIpc) is 2.50. The molecule has 1 amide bonds. The lowest BCUT2D eigenvalue weighted by molar-refractivity contribution is -0.115. The van der Waals surface area contributed by atoms with Crippen LogP contribution in [0.4, 0.5) is 18.9 Å². The van der Waals surface area contributed by atoms with Crippen LogP contribution in [0.2, 0.25) is 5.02 Å². The molecule has 0 fully saturated rings. The Morgan fingerprint density at radius 3 is 2.50 bits per heavy atom. The van der Waals surface area contributed by atoms with Crippen LogP contribution in [-0.4, -0.2) is 11.2 Å². The summed E-state index contributed by atoms with van der Waals surface area (Å²) in [5.74, 6) is -4.91. The molecule has 0 aromatic heterocycles. The number of carbonyl (C=O) groups excluding carboxylic acids is 1. The lowest BCUT2D eigenvalue weighted by Crippen LogP contribution is -2.23. The summed E-state index contributed by atoms with van der Waals surface area (Å²) in [5.41, 5.74) is -0.407. The van der Waals surface area contributed by atoms with Crippen LogP contribution in [0.3, 0.4) is 0 Å². The van der Waals surface area contributed by atoms with Crippen LogP contribution < -0.4 is 5.32 Å². The Morgan fingerprint density at radius 1 is 1.14 bits per heavy atom. The number of halogens is 4. The highest BCUT2D eigenvalue weighted by Gasteiger charge is 2.19. The monoisotopic (exact) mass is 345 g/mol. The van der Waals surface area contributed by atoms with Gasteiger partial charge in [-0.1, -0.05) is 23.7 Å². The molecule has 7 heteroatoms. The predicted molar refractivity (Wildman–Crippen MR) is 81.7 cm³/mol. The molecule has 22 heavy (non-hydrogen) atoms. The van der Waals surface area contributed by atoms with E-state index in [1.165, 1.54) is 11.8 Å². The van der Waals surface area contributed by atoms with Crippen LogP contribution in [0, 0.1) is 17.5 Å². The molecule has 0 radical (unpaired) electrons. The van der Waals surface area contributed by atoms with Crippen molar-refractivity contribution in [3.63, 3.8) is 0 Å². The Bertz CT molecular complexity index is 711. The zero-order chi connectivity index (χ0) is 16.3. The molecule has 116 valence electrons. The van der Waals surface area contributed by atoms with Gasteiger partial charge in [-0.3, -0.25) is 4.79 Å². The van der Waals surface area contributed by atoms with Gasteiger partial charge in [0.2, 0.25) is 5.91 Å². The second-order valence-electron chi connectivity index (χ2n) is 4.40. The van der Waals surface area contributed by atoms with Crippen molar-refractivity contribution in [3.8, 4) is 0 Å². The van der Waals surface area contributed by atoms with Gasteiger partial charge in [0.15, 0.2) is 17.5 Å². The summed E-state index contributed by atoms with van der Waals surface area (Å²) in [6.45, 7) is 1.60. The van der Waals surface area contributed by atoms with Gasteiger partial charge in [-0.25, -0.2) is 13.2 Å². The zero-order valence-electron chi connectivity index (χ0n) is 11.4. The van der Waals surface area contributed by atoms with Gasteiger partial charge in [-0.15, -0.1) is 11.8 Å². The van der Waals surface area contributed by atoms with Crippen LogP contribution in [0.25, 0.3) is 0 Å². The summed E-state index contributed by atoms with van der Waals surface area (Å²) < 4.78 is 39.5. The summed E-state index contributed by atoms with van der Waals surface area (Å²) in [7, 11) is 0. The first kappa shape index (κ1) is 16.7. The number of anilines is 1. The van der Waals surface area contributed by atoms with Crippen molar-refractivity contribution in [3.05, 3.63) is 58.9 Å². The molecule has 0 spiro atoms. The minimum Gasteiger partial charge on any atom is -0.323 e. The van der Waals surface area contributed by atoms with E-state index in [4.69, 9.17) is 11.6 Å². The second-order valence-corrected chi connectivity index (χ2v) is 6.19. The Hall–Kier alpha value is -1.66. The molecular formula is C15H11ClF3NOS. The van der Waals surface area contributed by atoms with Crippen LogP contribution in [0.5, 0.6) is 0 Å². The minimum atomic E-state index is -1.62. The van der Waals surface area contributed by atoms with Crippen molar-refractivity contribution in [1.29, 1.82) is 0 Å². The first-order chi connectivity index (χ1) is 10.4. The Labute approximate surface area is 134 Å². The van der Waals surface area contributed by atoms with Crippen LogP contribution in [0.1, 0.15) is 6.92 Å². The molecule has 1 N–H and O–H groups in total. The van der Waals surface area contributed by atoms with Gasteiger partial charge in [0.1, 0.15) is 0 Å². The van der Waals surface area contributed by atoms with E-state index in [1.807, 2.05) is 0 Å². The average molecular weight is 346 g/mol. The van der Waals surface area contributed by atoms with E-state index < -0.39 is 34.3 Å². The molecule has 2 aromatic rings. The molecule has 1 atom stereocenters.